The molecule has 0 saturated heterocycles. The second kappa shape index (κ2) is 9.63. The molecule has 6 nitrogen and oxygen atoms in total. The molecule has 0 aliphatic heterocycles. The Morgan fingerprint density at radius 2 is 1.90 bits per heavy atom. The number of nitro groups is 1. The lowest BCUT2D eigenvalue weighted by Gasteiger charge is -2.08. The summed E-state index contributed by atoms with van der Waals surface area (Å²) in [5.41, 5.74) is 4.38. The van der Waals surface area contributed by atoms with E-state index in [0.29, 0.717) is 6.54 Å². The van der Waals surface area contributed by atoms with Gasteiger partial charge in [0.1, 0.15) is 0 Å². The summed E-state index contributed by atoms with van der Waals surface area (Å²) < 4.78 is 3.67. The van der Waals surface area contributed by atoms with Crippen LogP contribution in [0, 0.1) is 10.1 Å². The first kappa shape index (κ1) is 22.3. The Bertz CT molecular complexity index is 1210. The fourth-order valence-corrected chi connectivity index (χ4v) is 4.81. The summed E-state index contributed by atoms with van der Waals surface area (Å²) in [5.74, 6) is 0. The molecule has 0 fully saturated rings. The van der Waals surface area contributed by atoms with Gasteiger partial charge in [-0.3, -0.25) is 15.1 Å². The van der Waals surface area contributed by atoms with Crippen LogP contribution in [0.2, 0.25) is 0 Å². The molecule has 0 aliphatic carbocycles. The summed E-state index contributed by atoms with van der Waals surface area (Å²) in [5, 5.41) is 17.8. The molecule has 154 valence electrons. The van der Waals surface area contributed by atoms with Gasteiger partial charge in [-0.1, -0.05) is 50.1 Å². The smallest absolute Gasteiger partial charge is 0.258 e. The number of halogens is 2. The molecule has 3 rings (SSSR count). The number of benzene rings is 2. The van der Waals surface area contributed by atoms with E-state index in [4.69, 9.17) is 5.10 Å². The molecule has 0 spiro atoms. The Morgan fingerprint density at radius 3 is 2.50 bits per heavy atom. The van der Waals surface area contributed by atoms with E-state index in [0.717, 1.165) is 41.9 Å². The van der Waals surface area contributed by atoms with E-state index in [-0.39, 0.29) is 5.69 Å². The van der Waals surface area contributed by atoms with Gasteiger partial charge in [-0.2, -0.15) is 5.10 Å². The van der Waals surface area contributed by atoms with Crippen LogP contribution in [0.1, 0.15) is 19.4 Å². The highest BCUT2D eigenvalue weighted by atomic mass is 79.9. The maximum Gasteiger partial charge on any atom is 0.269 e. The number of hydrogen-bond donors (Lipinski definition) is 0. The zero-order chi connectivity index (χ0) is 21.8. The number of thiazole rings is 1. The third-order valence-electron chi connectivity index (χ3n) is 4.11. The van der Waals surface area contributed by atoms with E-state index in [1.165, 1.54) is 23.5 Å². The standard InChI is InChI=1S/C21H18Br2N4O2S/c1-13(2)11-24-21-26(25-14(3)18-9-6-16(22)10-19(18)23)20(12-30-21)15-4-7-17(8-5-15)27(28)29/h4-10,12H,1,11H2,2-3H3. The largest absolute Gasteiger partial charge is 0.269 e. The molecule has 3 aromatic rings. The first-order valence-electron chi connectivity index (χ1n) is 8.87. The van der Waals surface area contributed by atoms with Crippen LogP contribution in [-0.2, 0) is 0 Å². The van der Waals surface area contributed by atoms with Crippen molar-refractivity contribution in [1.82, 2.24) is 4.68 Å². The summed E-state index contributed by atoms with van der Waals surface area (Å²) in [4.78, 5) is 15.9. The van der Waals surface area contributed by atoms with Crippen LogP contribution in [-0.4, -0.2) is 21.9 Å². The second-order valence-corrected chi connectivity index (χ2v) is 9.21. The van der Waals surface area contributed by atoms with Gasteiger partial charge in [0.05, 0.1) is 22.9 Å². The predicted molar refractivity (Wildman–Crippen MR) is 129 cm³/mol. The fraction of sp³-hybridized carbons (Fsp3) is 0.143. The van der Waals surface area contributed by atoms with E-state index < -0.39 is 4.92 Å². The number of non-ortho nitro benzene ring substituents is 1. The summed E-state index contributed by atoms with van der Waals surface area (Å²) in [6.45, 7) is 8.26. The maximum atomic E-state index is 11.0. The summed E-state index contributed by atoms with van der Waals surface area (Å²) >= 11 is 8.52. The van der Waals surface area contributed by atoms with Gasteiger partial charge in [0.25, 0.3) is 5.69 Å². The van der Waals surface area contributed by atoms with Crippen LogP contribution in [0.4, 0.5) is 5.69 Å². The predicted octanol–water partition coefficient (Wildman–Crippen LogP) is 6.40. The van der Waals surface area contributed by atoms with Crippen LogP contribution in [0.15, 0.2) is 79.0 Å². The topological polar surface area (TPSA) is 72.8 Å². The molecule has 0 radical (unpaired) electrons. The molecule has 1 aromatic heterocycles. The zero-order valence-corrected chi connectivity index (χ0v) is 20.3. The van der Waals surface area contributed by atoms with Crippen LogP contribution in [0.25, 0.3) is 11.3 Å². The lowest BCUT2D eigenvalue weighted by Crippen LogP contribution is -2.15. The highest BCUT2D eigenvalue weighted by Gasteiger charge is 2.12. The Labute approximate surface area is 194 Å². The SMILES string of the molecule is C=C(C)CN=c1scc(-c2ccc([N+](=O)[O-])cc2)n1N=C(C)c1ccc(Br)cc1Br. The summed E-state index contributed by atoms with van der Waals surface area (Å²) in [7, 11) is 0. The molecular weight excluding hydrogens is 532 g/mol. The molecule has 0 saturated carbocycles. The van der Waals surface area contributed by atoms with Crippen molar-refractivity contribution in [1.29, 1.82) is 0 Å². The first-order chi connectivity index (χ1) is 14.3. The lowest BCUT2D eigenvalue weighted by molar-refractivity contribution is -0.384. The Balaban J connectivity index is 2.14. The second-order valence-electron chi connectivity index (χ2n) is 6.60. The van der Waals surface area contributed by atoms with Crippen LogP contribution < -0.4 is 4.80 Å². The van der Waals surface area contributed by atoms with E-state index >= 15 is 0 Å². The van der Waals surface area contributed by atoms with Crippen molar-refractivity contribution in [2.45, 2.75) is 13.8 Å². The highest BCUT2D eigenvalue weighted by molar-refractivity contribution is 9.11. The number of hydrogen-bond acceptors (Lipinski definition) is 5. The van der Waals surface area contributed by atoms with Crippen molar-refractivity contribution >= 4 is 54.6 Å². The molecule has 2 aromatic carbocycles. The van der Waals surface area contributed by atoms with Crippen molar-refractivity contribution in [2.75, 3.05) is 6.54 Å². The Kier molecular flexibility index (Phi) is 7.17. The lowest BCUT2D eigenvalue weighted by atomic mass is 10.1. The van der Waals surface area contributed by atoms with Gasteiger partial charge in [-0.05, 0) is 38.1 Å². The van der Waals surface area contributed by atoms with Crippen molar-refractivity contribution in [3.05, 3.63) is 89.4 Å². The quantitative estimate of drug-likeness (QED) is 0.154. The molecule has 0 aliphatic rings. The zero-order valence-electron chi connectivity index (χ0n) is 16.3. The normalized spacial score (nSPS) is 12.3. The Hall–Kier alpha value is -2.36. The molecule has 9 heteroatoms. The number of nitro benzene ring substituents is 1. The van der Waals surface area contributed by atoms with Crippen molar-refractivity contribution < 1.29 is 4.92 Å². The molecule has 0 N–H and O–H groups in total. The summed E-state index contributed by atoms with van der Waals surface area (Å²) in [6.07, 6.45) is 0. The number of aromatic nitrogens is 1. The van der Waals surface area contributed by atoms with E-state index in [9.17, 15) is 10.1 Å². The minimum atomic E-state index is -0.410. The Morgan fingerprint density at radius 1 is 1.20 bits per heavy atom. The third-order valence-corrected chi connectivity index (χ3v) is 6.12. The summed E-state index contributed by atoms with van der Waals surface area (Å²) in [6, 6.07) is 12.3. The van der Waals surface area contributed by atoms with E-state index in [2.05, 4.69) is 43.4 Å². The van der Waals surface area contributed by atoms with Gasteiger partial charge in [0, 0.05) is 37.6 Å². The number of nitrogens with zero attached hydrogens (tertiary/aromatic N) is 4. The third kappa shape index (κ3) is 5.21. The minimum absolute atomic E-state index is 0.0474. The minimum Gasteiger partial charge on any atom is -0.258 e. The monoisotopic (exact) mass is 548 g/mol. The van der Waals surface area contributed by atoms with Crippen molar-refractivity contribution in [3.63, 3.8) is 0 Å². The van der Waals surface area contributed by atoms with E-state index in [1.54, 1.807) is 16.8 Å². The van der Waals surface area contributed by atoms with Gasteiger partial charge in [0.2, 0.25) is 4.80 Å². The van der Waals surface area contributed by atoms with Gasteiger partial charge in [-0.15, -0.1) is 11.3 Å². The van der Waals surface area contributed by atoms with Crippen molar-refractivity contribution in [3.8, 4) is 11.3 Å². The van der Waals surface area contributed by atoms with Crippen molar-refractivity contribution in [2.24, 2.45) is 10.1 Å². The molecule has 30 heavy (non-hydrogen) atoms. The maximum absolute atomic E-state index is 11.0. The molecule has 0 atom stereocenters. The van der Waals surface area contributed by atoms with Gasteiger partial charge >= 0.3 is 0 Å². The van der Waals surface area contributed by atoms with Gasteiger partial charge in [-0.25, -0.2) is 4.68 Å². The molecule has 0 unspecified atom stereocenters. The fourth-order valence-electron chi connectivity index (χ4n) is 2.65. The highest BCUT2D eigenvalue weighted by Crippen LogP contribution is 2.25. The first-order valence-corrected chi connectivity index (χ1v) is 11.3. The molecule has 0 amide bonds. The van der Waals surface area contributed by atoms with Crippen LogP contribution in [0.3, 0.4) is 0 Å². The van der Waals surface area contributed by atoms with E-state index in [1.807, 2.05) is 37.4 Å². The molecule has 1 heterocycles. The number of rotatable bonds is 6. The van der Waals surface area contributed by atoms with Gasteiger partial charge in [0.15, 0.2) is 0 Å². The van der Waals surface area contributed by atoms with Crippen LogP contribution >= 0.6 is 43.2 Å². The average Bonchev–Trinajstić information content (AvgIpc) is 3.08. The average molecular weight is 550 g/mol. The van der Waals surface area contributed by atoms with Gasteiger partial charge < -0.3 is 0 Å². The van der Waals surface area contributed by atoms with Crippen LogP contribution in [0.5, 0.6) is 0 Å². The molecule has 0 bridgehead atoms. The molecular formula is C21H18Br2N4O2S.